The molecule has 1 heterocycles. The molecule has 0 spiro atoms. The molecule has 2 aromatic carbocycles. The fourth-order valence-electron chi connectivity index (χ4n) is 3.09. The second-order valence-electron chi connectivity index (χ2n) is 6.75. The minimum atomic E-state index is -3.80. The number of hydrogen-bond acceptors (Lipinski definition) is 4. The van der Waals surface area contributed by atoms with Gasteiger partial charge in [0.05, 0.1) is 16.7 Å². The predicted molar refractivity (Wildman–Crippen MR) is 104 cm³/mol. The average Bonchev–Trinajstić information content (AvgIpc) is 3.17. The van der Waals surface area contributed by atoms with Gasteiger partial charge in [-0.1, -0.05) is 24.3 Å². The lowest BCUT2D eigenvalue weighted by molar-refractivity contribution is 0.0857. The van der Waals surface area contributed by atoms with Crippen LogP contribution in [0.2, 0.25) is 0 Å². The first kappa shape index (κ1) is 19.4. The van der Waals surface area contributed by atoms with Crippen molar-refractivity contribution in [3.63, 3.8) is 0 Å². The fraction of sp³-hybridized carbons (Fsp3) is 0.350. The monoisotopic (exact) mass is 388 g/mol. The van der Waals surface area contributed by atoms with E-state index in [9.17, 15) is 13.2 Å². The van der Waals surface area contributed by atoms with Gasteiger partial charge < -0.3 is 10.1 Å². The number of carbonyl (C=O) groups is 1. The molecule has 0 saturated carbocycles. The maximum Gasteiger partial charge on any atom is 0.261 e. The molecule has 0 aliphatic carbocycles. The quantitative estimate of drug-likeness (QED) is 0.797. The Kier molecular flexibility index (Phi) is 5.82. The van der Waals surface area contributed by atoms with Crippen molar-refractivity contribution in [2.24, 2.45) is 0 Å². The molecule has 7 heteroatoms. The number of sulfonamides is 1. The molecule has 27 heavy (non-hydrogen) atoms. The number of ether oxygens (including phenoxy) is 1. The number of nitrogens with one attached hydrogen (secondary N) is 2. The van der Waals surface area contributed by atoms with Gasteiger partial charge in [-0.05, 0) is 56.0 Å². The molecule has 6 nitrogen and oxygen atoms in total. The van der Waals surface area contributed by atoms with E-state index in [2.05, 4.69) is 10.0 Å². The fourth-order valence-corrected chi connectivity index (χ4v) is 4.34. The van der Waals surface area contributed by atoms with Crippen molar-refractivity contribution in [3.05, 3.63) is 59.2 Å². The normalized spacial score (nSPS) is 16.9. The highest BCUT2D eigenvalue weighted by Crippen LogP contribution is 2.23. The Bertz CT molecular complexity index is 914. The summed E-state index contributed by atoms with van der Waals surface area (Å²) < 4.78 is 33.7. The second kappa shape index (κ2) is 8.10. The molecule has 1 aliphatic heterocycles. The van der Waals surface area contributed by atoms with Gasteiger partial charge in [0.1, 0.15) is 0 Å². The summed E-state index contributed by atoms with van der Waals surface area (Å²) in [5, 5.41) is 2.81. The number of para-hydroxylation sites is 1. The molecule has 3 rings (SSSR count). The van der Waals surface area contributed by atoms with Crippen LogP contribution in [-0.2, 0) is 14.8 Å². The molecule has 2 N–H and O–H groups in total. The number of benzene rings is 2. The molecule has 1 amide bonds. The van der Waals surface area contributed by atoms with Gasteiger partial charge in [0, 0.05) is 18.7 Å². The Labute approximate surface area is 160 Å². The second-order valence-corrected chi connectivity index (χ2v) is 8.43. The number of carbonyl (C=O) groups excluding carboxylic acids is 1. The van der Waals surface area contributed by atoms with E-state index in [1.807, 2.05) is 32.0 Å². The third-order valence-electron chi connectivity index (χ3n) is 4.64. The van der Waals surface area contributed by atoms with E-state index in [1.165, 1.54) is 12.1 Å². The van der Waals surface area contributed by atoms with Crippen LogP contribution in [0.5, 0.6) is 0 Å². The van der Waals surface area contributed by atoms with E-state index in [1.54, 1.807) is 12.1 Å². The summed E-state index contributed by atoms with van der Waals surface area (Å²) in [5.41, 5.74) is 2.54. The van der Waals surface area contributed by atoms with Crippen molar-refractivity contribution in [3.8, 4) is 0 Å². The molecule has 144 valence electrons. The van der Waals surface area contributed by atoms with Crippen molar-refractivity contribution in [2.45, 2.75) is 37.7 Å². The van der Waals surface area contributed by atoms with Crippen LogP contribution >= 0.6 is 0 Å². The SMILES string of the molecule is Cc1cccc(C)c1NS(=O)(=O)c1cccc(C(=O)NCC2CCCO2)c1. The number of amides is 1. The smallest absolute Gasteiger partial charge is 0.261 e. The zero-order valence-electron chi connectivity index (χ0n) is 15.5. The van der Waals surface area contributed by atoms with Gasteiger partial charge in [0.15, 0.2) is 0 Å². The Hall–Kier alpha value is -2.38. The first-order valence-electron chi connectivity index (χ1n) is 8.96. The number of rotatable bonds is 6. The minimum Gasteiger partial charge on any atom is -0.376 e. The van der Waals surface area contributed by atoms with Crippen LogP contribution in [0.1, 0.15) is 34.3 Å². The maximum atomic E-state index is 12.8. The van der Waals surface area contributed by atoms with Crippen LogP contribution in [0.25, 0.3) is 0 Å². The third-order valence-corrected chi connectivity index (χ3v) is 5.99. The van der Waals surface area contributed by atoms with Gasteiger partial charge >= 0.3 is 0 Å². The van der Waals surface area contributed by atoms with E-state index in [-0.39, 0.29) is 16.9 Å². The lowest BCUT2D eigenvalue weighted by Crippen LogP contribution is -2.31. The average molecular weight is 388 g/mol. The van der Waals surface area contributed by atoms with Crippen molar-refractivity contribution in [1.82, 2.24) is 5.32 Å². The number of aryl methyl sites for hydroxylation is 2. The van der Waals surface area contributed by atoms with Crippen LogP contribution in [-0.4, -0.2) is 33.6 Å². The molecular weight excluding hydrogens is 364 g/mol. The van der Waals surface area contributed by atoms with E-state index in [4.69, 9.17) is 4.74 Å². The van der Waals surface area contributed by atoms with Crippen LogP contribution in [0.3, 0.4) is 0 Å². The molecule has 1 unspecified atom stereocenters. The van der Waals surface area contributed by atoms with Gasteiger partial charge in [-0.2, -0.15) is 0 Å². The predicted octanol–water partition coefficient (Wildman–Crippen LogP) is 3.01. The van der Waals surface area contributed by atoms with Gasteiger partial charge in [-0.15, -0.1) is 0 Å². The number of anilines is 1. The maximum absolute atomic E-state index is 12.8. The van der Waals surface area contributed by atoms with E-state index in [0.29, 0.717) is 17.8 Å². The molecule has 2 aromatic rings. The highest BCUT2D eigenvalue weighted by molar-refractivity contribution is 7.92. The Morgan fingerprint density at radius 3 is 2.52 bits per heavy atom. The first-order valence-corrected chi connectivity index (χ1v) is 10.4. The molecule has 1 atom stereocenters. The zero-order chi connectivity index (χ0) is 19.4. The van der Waals surface area contributed by atoms with Crippen LogP contribution in [0.15, 0.2) is 47.4 Å². The number of hydrogen-bond donors (Lipinski definition) is 2. The summed E-state index contributed by atoms with van der Waals surface area (Å²) in [6.45, 7) is 4.84. The zero-order valence-corrected chi connectivity index (χ0v) is 16.3. The summed E-state index contributed by atoms with van der Waals surface area (Å²) in [4.78, 5) is 12.4. The summed E-state index contributed by atoms with van der Waals surface area (Å²) in [6.07, 6.45) is 1.96. The van der Waals surface area contributed by atoms with Crippen LogP contribution < -0.4 is 10.0 Å². The Morgan fingerprint density at radius 1 is 1.15 bits per heavy atom. The Morgan fingerprint density at radius 2 is 1.85 bits per heavy atom. The van der Waals surface area contributed by atoms with Gasteiger partial charge in [0.25, 0.3) is 15.9 Å². The Balaban J connectivity index is 1.76. The molecular formula is C20H24N2O4S. The largest absolute Gasteiger partial charge is 0.376 e. The third kappa shape index (κ3) is 4.67. The van der Waals surface area contributed by atoms with E-state index < -0.39 is 10.0 Å². The van der Waals surface area contributed by atoms with Crippen molar-refractivity contribution in [2.75, 3.05) is 17.9 Å². The van der Waals surface area contributed by atoms with Crippen LogP contribution in [0.4, 0.5) is 5.69 Å². The summed E-state index contributed by atoms with van der Waals surface area (Å²) in [7, 11) is -3.80. The highest BCUT2D eigenvalue weighted by atomic mass is 32.2. The lowest BCUT2D eigenvalue weighted by atomic mass is 10.1. The molecule has 1 aliphatic rings. The van der Waals surface area contributed by atoms with E-state index >= 15 is 0 Å². The molecule has 0 bridgehead atoms. The molecule has 1 fully saturated rings. The van der Waals surface area contributed by atoms with Crippen molar-refractivity contribution in [1.29, 1.82) is 0 Å². The van der Waals surface area contributed by atoms with Crippen LogP contribution in [0, 0.1) is 13.8 Å². The summed E-state index contributed by atoms with van der Waals surface area (Å²) >= 11 is 0. The van der Waals surface area contributed by atoms with E-state index in [0.717, 1.165) is 30.6 Å². The summed E-state index contributed by atoms with van der Waals surface area (Å²) in [6, 6.07) is 11.6. The molecule has 1 saturated heterocycles. The first-order chi connectivity index (χ1) is 12.9. The van der Waals surface area contributed by atoms with Gasteiger partial charge in [0.2, 0.25) is 0 Å². The standard InChI is InChI=1S/C20H24N2O4S/c1-14-6-3-7-15(2)19(14)22-27(24,25)18-10-4-8-16(12-18)20(23)21-13-17-9-5-11-26-17/h3-4,6-8,10,12,17,22H,5,9,11,13H2,1-2H3,(H,21,23). The minimum absolute atomic E-state index is 0.0339. The van der Waals surface area contributed by atoms with Gasteiger partial charge in [-0.3, -0.25) is 9.52 Å². The highest BCUT2D eigenvalue weighted by Gasteiger charge is 2.20. The summed E-state index contributed by atoms with van der Waals surface area (Å²) in [5.74, 6) is -0.311. The lowest BCUT2D eigenvalue weighted by Gasteiger charge is -2.14. The van der Waals surface area contributed by atoms with Gasteiger partial charge in [-0.25, -0.2) is 8.42 Å². The molecule has 0 aromatic heterocycles. The van der Waals surface area contributed by atoms with Crippen molar-refractivity contribution < 1.29 is 17.9 Å². The topological polar surface area (TPSA) is 84.5 Å². The van der Waals surface area contributed by atoms with Crippen molar-refractivity contribution >= 4 is 21.6 Å². The molecule has 0 radical (unpaired) electrons.